The number of amides is 1. The predicted molar refractivity (Wildman–Crippen MR) is 139 cm³/mol. The fraction of sp³-hybridized carbons (Fsp3) is 0.280. The SMILES string of the molecule is CCNC1(C(N)=O)CCN(c2ncnc3c(-c4ccc(Cl)cc4)n(-c4ccccc4Cl)nc23)CC1. The molecule has 180 valence electrons. The van der Waals surface area contributed by atoms with Crippen molar-refractivity contribution >= 4 is 46.0 Å². The lowest BCUT2D eigenvalue weighted by Crippen LogP contribution is -2.61. The maximum absolute atomic E-state index is 12.2. The van der Waals surface area contributed by atoms with Gasteiger partial charge < -0.3 is 16.0 Å². The normalized spacial score (nSPS) is 15.5. The molecule has 0 saturated carbocycles. The number of likely N-dealkylation sites (N-methyl/N-ethyl adjacent to an activating group) is 1. The van der Waals surface area contributed by atoms with Crippen molar-refractivity contribution in [2.24, 2.45) is 5.73 Å². The van der Waals surface area contributed by atoms with Gasteiger partial charge in [0.2, 0.25) is 5.91 Å². The Balaban J connectivity index is 1.63. The largest absolute Gasteiger partial charge is 0.368 e. The molecule has 0 atom stereocenters. The van der Waals surface area contributed by atoms with Crippen LogP contribution in [0.15, 0.2) is 54.9 Å². The van der Waals surface area contributed by atoms with E-state index in [0.717, 1.165) is 16.9 Å². The minimum atomic E-state index is -0.706. The number of para-hydroxylation sites is 1. The summed E-state index contributed by atoms with van der Waals surface area (Å²) in [6.45, 7) is 3.87. The molecule has 5 rings (SSSR count). The molecule has 0 unspecified atom stereocenters. The average Bonchev–Trinajstić information content (AvgIpc) is 3.25. The number of benzene rings is 2. The van der Waals surface area contributed by atoms with E-state index in [0.29, 0.717) is 59.4 Å². The molecule has 3 heterocycles. The first-order valence-corrected chi connectivity index (χ1v) is 12.2. The summed E-state index contributed by atoms with van der Waals surface area (Å²) >= 11 is 12.7. The highest BCUT2D eigenvalue weighted by Gasteiger charge is 2.40. The summed E-state index contributed by atoms with van der Waals surface area (Å²) < 4.78 is 1.81. The van der Waals surface area contributed by atoms with Gasteiger partial charge in [-0.2, -0.15) is 5.10 Å². The van der Waals surface area contributed by atoms with E-state index in [1.54, 1.807) is 6.33 Å². The molecule has 35 heavy (non-hydrogen) atoms. The summed E-state index contributed by atoms with van der Waals surface area (Å²) in [6, 6.07) is 15.1. The standard InChI is InChI=1S/C25H25Cl2N7O/c1-2-31-25(24(28)35)11-13-33(14-12-25)23-21-20(29-15-30-23)22(16-7-9-17(26)10-8-16)34(32-21)19-6-4-3-5-18(19)27/h3-10,15,31H,2,11-14H2,1H3,(H2,28,35). The number of aromatic nitrogens is 4. The number of fused-ring (bicyclic) bond motifs is 1. The van der Waals surface area contributed by atoms with Crippen LogP contribution in [-0.4, -0.2) is 50.8 Å². The number of halogens is 2. The molecule has 0 aliphatic carbocycles. The predicted octanol–water partition coefficient (Wildman–Crippen LogP) is 4.22. The number of carbonyl (C=O) groups excluding carboxylic acids is 1. The first-order valence-electron chi connectivity index (χ1n) is 11.5. The lowest BCUT2D eigenvalue weighted by atomic mass is 9.86. The monoisotopic (exact) mass is 509 g/mol. The van der Waals surface area contributed by atoms with E-state index in [1.807, 2.05) is 60.1 Å². The molecular weight excluding hydrogens is 485 g/mol. The van der Waals surface area contributed by atoms with Gasteiger partial charge >= 0.3 is 0 Å². The molecule has 4 aromatic rings. The highest BCUT2D eigenvalue weighted by atomic mass is 35.5. The van der Waals surface area contributed by atoms with E-state index in [2.05, 4.69) is 20.2 Å². The number of primary amides is 1. The molecule has 0 bridgehead atoms. The Bertz CT molecular complexity index is 1380. The number of anilines is 1. The van der Waals surface area contributed by atoms with E-state index in [9.17, 15) is 4.79 Å². The molecule has 2 aromatic carbocycles. The van der Waals surface area contributed by atoms with Crippen molar-refractivity contribution in [3.05, 3.63) is 64.9 Å². The van der Waals surface area contributed by atoms with Gasteiger partial charge in [-0.1, -0.05) is 54.4 Å². The Labute approximate surface area is 213 Å². The van der Waals surface area contributed by atoms with Gasteiger partial charge in [-0.15, -0.1) is 0 Å². The van der Waals surface area contributed by atoms with Crippen molar-refractivity contribution in [1.82, 2.24) is 25.1 Å². The second kappa shape index (κ2) is 9.45. The number of hydrogen-bond acceptors (Lipinski definition) is 6. The van der Waals surface area contributed by atoms with Gasteiger partial charge in [0.15, 0.2) is 11.3 Å². The van der Waals surface area contributed by atoms with Gasteiger partial charge in [0.25, 0.3) is 0 Å². The first kappa shape index (κ1) is 23.5. The molecule has 0 spiro atoms. The molecule has 1 aliphatic rings. The quantitative estimate of drug-likeness (QED) is 0.403. The molecule has 1 saturated heterocycles. The van der Waals surface area contributed by atoms with Crippen LogP contribution in [0.4, 0.5) is 5.82 Å². The number of piperidine rings is 1. The summed E-state index contributed by atoms with van der Waals surface area (Å²) in [6.07, 6.45) is 2.71. The summed E-state index contributed by atoms with van der Waals surface area (Å²) in [5, 5.41) is 9.46. The third kappa shape index (κ3) is 4.22. The van der Waals surface area contributed by atoms with Crippen molar-refractivity contribution in [1.29, 1.82) is 0 Å². The van der Waals surface area contributed by atoms with Crippen LogP contribution >= 0.6 is 23.2 Å². The highest BCUT2D eigenvalue weighted by molar-refractivity contribution is 6.32. The summed E-state index contributed by atoms with van der Waals surface area (Å²) in [4.78, 5) is 23.6. The zero-order valence-corrected chi connectivity index (χ0v) is 20.7. The minimum absolute atomic E-state index is 0.320. The van der Waals surface area contributed by atoms with Crippen LogP contribution < -0.4 is 16.0 Å². The average molecular weight is 510 g/mol. The van der Waals surface area contributed by atoms with E-state index >= 15 is 0 Å². The Morgan fingerprint density at radius 1 is 1.06 bits per heavy atom. The zero-order valence-electron chi connectivity index (χ0n) is 19.2. The van der Waals surface area contributed by atoms with Gasteiger partial charge in [0.1, 0.15) is 23.1 Å². The third-order valence-electron chi connectivity index (χ3n) is 6.54. The molecule has 10 heteroatoms. The third-order valence-corrected chi connectivity index (χ3v) is 7.11. The summed E-state index contributed by atoms with van der Waals surface area (Å²) in [5.74, 6) is 0.394. The summed E-state index contributed by atoms with van der Waals surface area (Å²) in [5.41, 5.74) is 8.85. The van der Waals surface area contributed by atoms with Crippen LogP contribution in [-0.2, 0) is 4.79 Å². The molecule has 8 nitrogen and oxygen atoms in total. The maximum atomic E-state index is 12.2. The molecule has 0 radical (unpaired) electrons. The Morgan fingerprint density at radius 2 is 1.77 bits per heavy atom. The first-order chi connectivity index (χ1) is 16.9. The lowest BCUT2D eigenvalue weighted by molar-refractivity contribution is -0.125. The van der Waals surface area contributed by atoms with E-state index in [-0.39, 0.29) is 5.91 Å². The lowest BCUT2D eigenvalue weighted by Gasteiger charge is -2.40. The molecule has 1 aliphatic heterocycles. The fourth-order valence-electron chi connectivity index (χ4n) is 4.73. The van der Waals surface area contributed by atoms with Gasteiger partial charge in [-0.3, -0.25) is 4.79 Å². The minimum Gasteiger partial charge on any atom is -0.368 e. The van der Waals surface area contributed by atoms with Crippen molar-refractivity contribution in [3.8, 4) is 16.9 Å². The number of nitrogens with one attached hydrogen (secondary N) is 1. The van der Waals surface area contributed by atoms with E-state index in [4.69, 9.17) is 34.0 Å². The number of nitrogens with zero attached hydrogens (tertiary/aromatic N) is 5. The number of hydrogen-bond donors (Lipinski definition) is 2. The van der Waals surface area contributed by atoms with Crippen LogP contribution in [0.3, 0.4) is 0 Å². The van der Waals surface area contributed by atoms with Gasteiger partial charge in [-0.25, -0.2) is 14.6 Å². The molecule has 1 fully saturated rings. The van der Waals surface area contributed by atoms with Crippen molar-refractivity contribution in [3.63, 3.8) is 0 Å². The fourth-order valence-corrected chi connectivity index (χ4v) is 5.07. The molecule has 3 N–H and O–H groups in total. The van der Waals surface area contributed by atoms with Crippen molar-refractivity contribution < 1.29 is 4.79 Å². The number of rotatable bonds is 6. The van der Waals surface area contributed by atoms with Crippen LogP contribution in [0.25, 0.3) is 28.0 Å². The van der Waals surface area contributed by atoms with Gasteiger partial charge in [0, 0.05) is 23.7 Å². The van der Waals surface area contributed by atoms with Crippen LogP contribution in [0.2, 0.25) is 10.0 Å². The van der Waals surface area contributed by atoms with Crippen molar-refractivity contribution in [2.75, 3.05) is 24.5 Å². The second-order valence-electron chi connectivity index (χ2n) is 8.58. The Hall–Kier alpha value is -3.20. The van der Waals surface area contributed by atoms with Crippen molar-refractivity contribution in [2.45, 2.75) is 25.3 Å². The summed E-state index contributed by atoms with van der Waals surface area (Å²) in [7, 11) is 0. The van der Waals surface area contributed by atoms with Crippen LogP contribution in [0.1, 0.15) is 19.8 Å². The smallest absolute Gasteiger partial charge is 0.237 e. The van der Waals surface area contributed by atoms with Gasteiger partial charge in [-0.05, 0) is 43.7 Å². The second-order valence-corrected chi connectivity index (χ2v) is 9.42. The molecule has 2 aromatic heterocycles. The molecule has 1 amide bonds. The van der Waals surface area contributed by atoms with Crippen LogP contribution in [0.5, 0.6) is 0 Å². The molecular formula is C25H25Cl2N7O. The Morgan fingerprint density at radius 3 is 2.43 bits per heavy atom. The topological polar surface area (TPSA) is 102 Å². The number of nitrogens with two attached hydrogens (primary N) is 1. The van der Waals surface area contributed by atoms with E-state index in [1.165, 1.54) is 0 Å². The highest BCUT2D eigenvalue weighted by Crippen LogP contribution is 2.36. The van der Waals surface area contributed by atoms with Crippen LogP contribution in [0, 0.1) is 0 Å². The Kier molecular flexibility index (Phi) is 6.35. The number of carbonyl (C=O) groups is 1. The van der Waals surface area contributed by atoms with E-state index < -0.39 is 5.54 Å². The van der Waals surface area contributed by atoms with Gasteiger partial charge in [0.05, 0.1) is 10.7 Å². The zero-order chi connectivity index (χ0) is 24.6. The maximum Gasteiger partial charge on any atom is 0.237 e.